The number of benzene rings is 1. The van der Waals surface area contributed by atoms with Crippen LogP contribution in [0.5, 0.6) is 11.5 Å². The fourth-order valence-electron chi connectivity index (χ4n) is 2.74. The number of hydrogen-bond acceptors (Lipinski definition) is 4. The van der Waals surface area contributed by atoms with Crippen molar-refractivity contribution in [3.05, 3.63) is 58.0 Å². The van der Waals surface area contributed by atoms with Gasteiger partial charge in [-0.25, -0.2) is 0 Å². The molecule has 0 aliphatic carbocycles. The first-order valence-electron chi connectivity index (χ1n) is 9.12. The minimum atomic E-state index is -4.78. The van der Waals surface area contributed by atoms with Gasteiger partial charge >= 0.3 is 6.18 Å². The fourth-order valence-corrected chi connectivity index (χ4v) is 2.74. The third kappa shape index (κ3) is 5.75. The van der Waals surface area contributed by atoms with Crippen LogP contribution in [0.15, 0.2) is 41.3 Å². The molecule has 1 aromatic carbocycles. The molecule has 1 aromatic heterocycles. The molecule has 0 aliphatic heterocycles. The Kier molecular flexibility index (Phi) is 7.30. The first-order valence-corrected chi connectivity index (χ1v) is 9.12. The highest BCUT2D eigenvalue weighted by atomic mass is 19.4. The van der Waals surface area contributed by atoms with Gasteiger partial charge in [0.2, 0.25) is 5.91 Å². The van der Waals surface area contributed by atoms with Crippen LogP contribution in [0.1, 0.15) is 37.9 Å². The lowest BCUT2D eigenvalue weighted by molar-refractivity contribution is -0.139. The molecule has 1 unspecified atom stereocenters. The summed E-state index contributed by atoms with van der Waals surface area (Å²) in [7, 11) is 0. The number of rotatable bonds is 8. The second kappa shape index (κ2) is 9.49. The second-order valence-electron chi connectivity index (χ2n) is 6.21. The van der Waals surface area contributed by atoms with Crippen molar-refractivity contribution in [2.75, 3.05) is 13.2 Å². The van der Waals surface area contributed by atoms with Gasteiger partial charge in [0, 0.05) is 6.20 Å². The topological polar surface area (TPSA) is 69.6 Å². The van der Waals surface area contributed by atoms with Crippen molar-refractivity contribution in [1.29, 1.82) is 0 Å². The zero-order valence-electron chi connectivity index (χ0n) is 16.4. The molecule has 2 aromatic rings. The smallest absolute Gasteiger partial charge is 0.421 e. The highest BCUT2D eigenvalue weighted by molar-refractivity contribution is 5.76. The standard InChI is InChI=1S/C20H23F3N2O4/c1-4-28-16-9-8-14(11-17(16)29-5-2)13(3)24-18(26)12-25-10-6-7-15(19(25)27)20(21,22)23/h6-11,13H,4-5,12H2,1-3H3,(H,24,26). The quantitative estimate of drug-likeness (QED) is 0.720. The van der Waals surface area contributed by atoms with Gasteiger partial charge in [0.15, 0.2) is 11.5 Å². The third-order valence-corrected chi connectivity index (χ3v) is 4.08. The number of halogens is 3. The van der Waals surface area contributed by atoms with E-state index in [1.165, 1.54) is 0 Å². The summed E-state index contributed by atoms with van der Waals surface area (Å²) in [5.41, 5.74) is -1.85. The SMILES string of the molecule is CCOc1ccc(C(C)NC(=O)Cn2cccc(C(F)(F)F)c2=O)cc1OCC. The number of amides is 1. The average molecular weight is 412 g/mol. The molecule has 9 heteroatoms. The number of hydrogen-bond donors (Lipinski definition) is 1. The molecule has 2 rings (SSSR count). The minimum Gasteiger partial charge on any atom is -0.490 e. The van der Waals surface area contributed by atoms with Gasteiger partial charge in [0.05, 0.1) is 19.3 Å². The maximum atomic E-state index is 12.8. The zero-order chi connectivity index (χ0) is 21.6. The van der Waals surface area contributed by atoms with Crippen LogP contribution in [0, 0.1) is 0 Å². The van der Waals surface area contributed by atoms with E-state index in [0.717, 1.165) is 22.4 Å². The Morgan fingerprint density at radius 1 is 1.14 bits per heavy atom. The molecule has 0 radical (unpaired) electrons. The van der Waals surface area contributed by atoms with E-state index in [1.54, 1.807) is 25.1 Å². The van der Waals surface area contributed by atoms with E-state index in [1.807, 2.05) is 13.8 Å². The summed E-state index contributed by atoms with van der Waals surface area (Å²) in [6.07, 6.45) is -3.63. The Balaban J connectivity index is 2.14. The number of carbonyl (C=O) groups is 1. The van der Waals surface area contributed by atoms with Gasteiger partial charge in [0.1, 0.15) is 12.1 Å². The maximum absolute atomic E-state index is 12.8. The number of nitrogens with zero attached hydrogens (tertiary/aromatic N) is 1. The molecule has 29 heavy (non-hydrogen) atoms. The number of carbonyl (C=O) groups excluding carboxylic acids is 1. The van der Waals surface area contributed by atoms with Crippen molar-refractivity contribution in [3.63, 3.8) is 0 Å². The van der Waals surface area contributed by atoms with E-state index in [4.69, 9.17) is 9.47 Å². The van der Waals surface area contributed by atoms with Crippen LogP contribution >= 0.6 is 0 Å². The minimum absolute atomic E-state index is 0.433. The van der Waals surface area contributed by atoms with Gasteiger partial charge in [-0.05, 0) is 50.6 Å². The molecule has 1 amide bonds. The van der Waals surface area contributed by atoms with Gasteiger partial charge in [-0.3, -0.25) is 9.59 Å². The van der Waals surface area contributed by atoms with Crippen molar-refractivity contribution < 1.29 is 27.4 Å². The predicted molar refractivity (Wildman–Crippen MR) is 101 cm³/mol. The molecule has 0 saturated carbocycles. The van der Waals surface area contributed by atoms with Gasteiger partial charge in [-0.1, -0.05) is 6.07 Å². The molecule has 6 nitrogen and oxygen atoms in total. The zero-order valence-corrected chi connectivity index (χ0v) is 16.4. The maximum Gasteiger partial charge on any atom is 0.421 e. The largest absolute Gasteiger partial charge is 0.490 e. The molecule has 0 saturated heterocycles. The van der Waals surface area contributed by atoms with E-state index < -0.39 is 35.8 Å². The van der Waals surface area contributed by atoms with Crippen molar-refractivity contribution in [2.24, 2.45) is 0 Å². The number of pyridine rings is 1. The number of alkyl halides is 3. The van der Waals surface area contributed by atoms with Crippen LogP contribution in [0.25, 0.3) is 0 Å². The lowest BCUT2D eigenvalue weighted by Gasteiger charge is -2.18. The Hall–Kier alpha value is -2.97. The van der Waals surface area contributed by atoms with Crippen molar-refractivity contribution in [2.45, 2.75) is 39.5 Å². The normalized spacial score (nSPS) is 12.3. The van der Waals surface area contributed by atoms with Gasteiger partial charge in [-0.2, -0.15) is 13.2 Å². The average Bonchev–Trinajstić information content (AvgIpc) is 2.64. The van der Waals surface area contributed by atoms with Crippen LogP contribution in [0.3, 0.4) is 0 Å². The van der Waals surface area contributed by atoms with Gasteiger partial charge in [0.25, 0.3) is 5.56 Å². The summed E-state index contributed by atoms with van der Waals surface area (Å²) in [6.45, 7) is 5.78. The number of aromatic nitrogens is 1. The lowest BCUT2D eigenvalue weighted by atomic mass is 10.1. The Bertz CT molecular complexity index is 909. The molecule has 1 atom stereocenters. The van der Waals surface area contributed by atoms with Crippen molar-refractivity contribution in [3.8, 4) is 11.5 Å². The predicted octanol–water partition coefficient (Wildman–Crippen LogP) is 3.54. The molecular formula is C20H23F3N2O4. The van der Waals surface area contributed by atoms with E-state index >= 15 is 0 Å². The van der Waals surface area contributed by atoms with Crippen molar-refractivity contribution in [1.82, 2.24) is 9.88 Å². The molecule has 0 bridgehead atoms. The number of ether oxygens (including phenoxy) is 2. The van der Waals surface area contributed by atoms with E-state index in [0.29, 0.717) is 30.8 Å². The summed E-state index contributed by atoms with van der Waals surface area (Å²) >= 11 is 0. The molecule has 1 N–H and O–H groups in total. The van der Waals surface area contributed by atoms with Crippen LogP contribution in [-0.2, 0) is 17.5 Å². The fraction of sp³-hybridized carbons (Fsp3) is 0.400. The van der Waals surface area contributed by atoms with Crippen LogP contribution in [0.4, 0.5) is 13.2 Å². The molecule has 0 spiro atoms. The van der Waals surface area contributed by atoms with Crippen LogP contribution in [0.2, 0.25) is 0 Å². The first-order chi connectivity index (χ1) is 13.7. The first kappa shape index (κ1) is 22.3. The Morgan fingerprint density at radius 3 is 2.41 bits per heavy atom. The van der Waals surface area contributed by atoms with Crippen LogP contribution < -0.4 is 20.3 Å². The van der Waals surface area contributed by atoms with Crippen molar-refractivity contribution >= 4 is 5.91 Å². The Morgan fingerprint density at radius 2 is 1.79 bits per heavy atom. The highest BCUT2D eigenvalue weighted by Crippen LogP contribution is 2.30. The molecule has 0 fully saturated rings. The van der Waals surface area contributed by atoms with E-state index in [2.05, 4.69) is 5.32 Å². The Labute approximate surface area is 166 Å². The summed E-state index contributed by atoms with van der Waals surface area (Å²) in [5, 5.41) is 2.67. The summed E-state index contributed by atoms with van der Waals surface area (Å²) in [4.78, 5) is 24.2. The monoisotopic (exact) mass is 412 g/mol. The second-order valence-corrected chi connectivity index (χ2v) is 6.21. The van der Waals surface area contributed by atoms with Gasteiger partial charge < -0.3 is 19.4 Å². The van der Waals surface area contributed by atoms with E-state index in [9.17, 15) is 22.8 Å². The third-order valence-electron chi connectivity index (χ3n) is 4.08. The number of nitrogens with one attached hydrogen (secondary N) is 1. The van der Waals surface area contributed by atoms with Gasteiger partial charge in [-0.15, -0.1) is 0 Å². The lowest BCUT2D eigenvalue weighted by Crippen LogP contribution is -2.35. The molecule has 1 heterocycles. The van der Waals surface area contributed by atoms with Crippen LogP contribution in [-0.4, -0.2) is 23.7 Å². The highest BCUT2D eigenvalue weighted by Gasteiger charge is 2.34. The molecular weight excluding hydrogens is 389 g/mol. The molecule has 0 aliphatic rings. The summed E-state index contributed by atoms with van der Waals surface area (Å²) in [6, 6.07) is 6.53. The summed E-state index contributed by atoms with van der Waals surface area (Å²) < 4.78 is 50.3. The van der Waals surface area contributed by atoms with E-state index in [-0.39, 0.29) is 0 Å². The molecule has 158 valence electrons. The summed E-state index contributed by atoms with van der Waals surface area (Å²) in [5.74, 6) is 0.514.